The van der Waals surface area contributed by atoms with Gasteiger partial charge in [-0.05, 0) is 29.6 Å². The summed E-state index contributed by atoms with van der Waals surface area (Å²) in [6, 6.07) is 13.9. The minimum atomic E-state index is -2.30. The molecule has 92 valence electrons. The lowest BCUT2D eigenvalue weighted by molar-refractivity contribution is 0.406. The molecule has 0 amide bonds. The van der Waals surface area contributed by atoms with Crippen molar-refractivity contribution in [2.24, 2.45) is 0 Å². The fourth-order valence-electron chi connectivity index (χ4n) is 2.39. The molecule has 0 spiro atoms. The Morgan fingerprint density at radius 2 is 1.83 bits per heavy atom. The Labute approximate surface area is 106 Å². The zero-order chi connectivity index (χ0) is 12.8. The largest absolute Gasteiger partial charge is 0.496 e. The van der Waals surface area contributed by atoms with Crippen LogP contribution in [0.25, 0.3) is 0 Å². The molecule has 0 aromatic heterocycles. The minimum absolute atomic E-state index is 0.642. The smallest absolute Gasteiger partial charge is 0.127 e. The second kappa shape index (κ2) is 4.00. The maximum absolute atomic E-state index is 12.7. The van der Waals surface area contributed by atoms with E-state index in [1.807, 2.05) is 43.1 Å². The first kappa shape index (κ1) is 11.6. The third-order valence-electron chi connectivity index (χ3n) is 3.49. The molecule has 0 N–H and O–H groups in total. The zero-order valence-electron chi connectivity index (χ0n) is 10.5. The van der Waals surface area contributed by atoms with Gasteiger partial charge in [0.05, 0.1) is 7.11 Å². The van der Waals surface area contributed by atoms with Crippen molar-refractivity contribution in [3.05, 3.63) is 58.5 Å². The van der Waals surface area contributed by atoms with Crippen LogP contribution in [0.4, 0.5) is 0 Å². The molecule has 0 heterocycles. The van der Waals surface area contributed by atoms with Crippen LogP contribution in [-0.2, 0) is 10.7 Å². The Hall–Kier alpha value is -1.53. The van der Waals surface area contributed by atoms with Gasteiger partial charge in [-0.1, -0.05) is 30.3 Å². The molecule has 1 aromatic carbocycles. The fraction of sp³-hybridized carbons (Fsp3) is 0.200. The average molecular weight is 258 g/mol. The van der Waals surface area contributed by atoms with Crippen LogP contribution in [0, 0.1) is 10.4 Å². The molecule has 1 aromatic rings. The van der Waals surface area contributed by atoms with Gasteiger partial charge in [0.25, 0.3) is 0 Å². The summed E-state index contributed by atoms with van der Waals surface area (Å²) >= 11 is 0. The van der Waals surface area contributed by atoms with Gasteiger partial charge >= 0.3 is 0 Å². The van der Waals surface area contributed by atoms with E-state index in [9.17, 15) is 4.57 Å². The van der Waals surface area contributed by atoms with Crippen LogP contribution in [0.15, 0.2) is 42.5 Å². The average Bonchev–Trinajstić information content (AvgIpc) is 2.36. The third-order valence-corrected chi connectivity index (χ3v) is 5.82. The monoisotopic (exact) mass is 258 g/mol. The van der Waals surface area contributed by atoms with Crippen molar-refractivity contribution in [2.45, 2.75) is 6.16 Å². The second-order valence-electron chi connectivity index (χ2n) is 4.80. The fourth-order valence-corrected chi connectivity index (χ4v) is 4.29. The first-order chi connectivity index (χ1) is 8.62. The molecule has 0 fully saturated rings. The number of benzene rings is 2. The van der Waals surface area contributed by atoms with Crippen LogP contribution in [0.1, 0.15) is 5.56 Å². The Morgan fingerprint density at radius 3 is 2.39 bits per heavy atom. The first-order valence-corrected chi connectivity index (χ1v) is 8.29. The highest BCUT2D eigenvalue weighted by Crippen LogP contribution is 2.46. The molecule has 3 rings (SSSR count). The van der Waals surface area contributed by atoms with Crippen LogP contribution in [0.5, 0.6) is 5.75 Å². The Bertz CT molecular complexity index is 735. The van der Waals surface area contributed by atoms with Gasteiger partial charge in [-0.3, -0.25) is 0 Å². The molecule has 3 heteroatoms. The lowest BCUT2D eigenvalue weighted by atomic mass is 9.99. The third kappa shape index (κ3) is 1.69. The summed E-state index contributed by atoms with van der Waals surface area (Å²) in [4.78, 5) is 0. The van der Waals surface area contributed by atoms with Crippen LogP contribution in [-0.4, -0.2) is 13.8 Å². The van der Waals surface area contributed by atoms with Crippen molar-refractivity contribution >= 4 is 12.4 Å². The summed E-state index contributed by atoms with van der Waals surface area (Å²) in [5.74, 6) is 0.944. The van der Waals surface area contributed by atoms with E-state index in [0.717, 1.165) is 11.1 Å². The van der Waals surface area contributed by atoms with Crippen molar-refractivity contribution < 1.29 is 9.30 Å². The molecule has 18 heavy (non-hydrogen) atoms. The highest BCUT2D eigenvalue weighted by atomic mass is 31.2. The molecule has 2 aliphatic rings. The van der Waals surface area contributed by atoms with Crippen LogP contribution < -0.4 is 10.0 Å². The quantitative estimate of drug-likeness (QED) is 0.672. The number of ether oxygens (including phenoxy) is 1. The second-order valence-corrected chi connectivity index (χ2v) is 7.84. The summed E-state index contributed by atoms with van der Waals surface area (Å²) in [7, 11) is -0.620. The van der Waals surface area contributed by atoms with Gasteiger partial charge in [0, 0.05) is 16.7 Å². The van der Waals surface area contributed by atoms with Crippen molar-refractivity contribution in [3.63, 3.8) is 0 Å². The molecule has 0 aliphatic heterocycles. The van der Waals surface area contributed by atoms with Gasteiger partial charge in [-0.25, -0.2) is 0 Å². The van der Waals surface area contributed by atoms with Crippen molar-refractivity contribution in [1.82, 2.24) is 0 Å². The number of hydrogen-bond acceptors (Lipinski definition) is 2. The normalized spacial score (nSPS) is 15.0. The number of rotatable bonds is 4. The zero-order valence-corrected chi connectivity index (χ0v) is 11.4. The molecule has 2 nitrogen and oxygen atoms in total. The summed E-state index contributed by atoms with van der Waals surface area (Å²) in [6.07, 6.45) is 0.642. The van der Waals surface area contributed by atoms with E-state index in [1.165, 1.54) is 16.0 Å². The van der Waals surface area contributed by atoms with Gasteiger partial charge in [0.15, 0.2) is 0 Å². The molecule has 0 saturated heterocycles. The van der Waals surface area contributed by atoms with E-state index in [0.29, 0.717) is 6.16 Å². The highest BCUT2D eigenvalue weighted by molar-refractivity contribution is 7.70. The lowest BCUT2D eigenvalue weighted by Gasteiger charge is -2.19. The van der Waals surface area contributed by atoms with E-state index >= 15 is 0 Å². The van der Waals surface area contributed by atoms with E-state index in [1.54, 1.807) is 7.11 Å². The molecular formula is C15H15O2P. The minimum Gasteiger partial charge on any atom is -0.496 e. The summed E-state index contributed by atoms with van der Waals surface area (Å²) in [5, 5.41) is 3.36. The standard InChI is InChI=1S/C15H15O2P/c1-17-15-9-13-11(8-14(13)15)10-18(2,16)12-6-4-3-5-7-12/h3-9H,10H2,1-2H3. The lowest BCUT2D eigenvalue weighted by Crippen LogP contribution is -2.08. The summed E-state index contributed by atoms with van der Waals surface area (Å²) in [6.45, 7) is 1.86. The SMILES string of the molecule is COc1cc2c(CP(C)(=O)c3ccccc3)cc1=2. The van der Waals surface area contributed by atoms with Crippen molar-refractivity contribution in [3.8, 4) is 5.75 Å². The van der Waals surface area contributed by atoms with Crippen molar-refractivity contribution in [2.75, 3.05) is 13.8 Å². The Morgan fingerprint density at radius 1 is 1.11 bits per heavy atom. The number of methoxy groups -OCH3 is 1. The van der Waals surface area contributed by atoms with E-state index < -0.39 is 7.14 Å². The van der Waals surface area contributed by atoms with Crippen molar-refractivity contribution in [1.29, 1.82) is 0 Å². The maximum Gasteiger partial charge on any atom is 0.127 e. The molecule has 1 unspecified atom stereocenters. The predicted octanol–water partition coefficient (Wildman–Crippen LogP) is 3.11. The van der Waals surface area contributed by atoms with Gasteiger partial charge in [0.1, 0.15) is 12.9 Å². The first-order valence-electron chi connectivity index (χ1n) is 5.95. The molecule has 2 aliphatic carbocycles. The molecule has 1 atom stereocenters. The van der Waals surface area contributed by atoms with Crippen LogP contribution in [0.2, 0.25) is 0 Å². The molecule has 0 saturated carbocycles. The maximum atomic E-state index is 12.7. The van der Waals surface area contributed by atoms with Gasteiger partial charge in [-0.15, -0.1) is 0 Å². The Balaban J connectivity index is 1.86. The predicted molar refractivity (Wildman–Crippen MR) is 74.0 cm³/mol. The van der Waals surface area contributed by atoms with Gasteiger partial charge in [0.2, 0.25) is 0 Å². The van der Waals surface area contributed by atoms with Crippen LogP contribution >= 0.6 is 7.14 Å². The topological polar surface area (TPSA) is 26.3 Å². The van der Waals surface area contributed by atoms with Gasteiger partial charge in [-0.2, -0.15) is 0 Å². The van der Waals surface area contributed by atoms with E-state index in [-0.39, 0.29) is 0 Å². The van der Waals surface area contributed by atoms with Gasteiger partial charge < -0.3 is 9.30 Å². The Kier molecular flexibility index (Phi) is 2.57. The van der Waals surface area contributed by atoms with Crippen LogP contribution in [0.3, 0.4) is 0 Å². The summed E-state index contributed by atoms with van der Waals surface area (Å²) in [5.41, 5.74) is 1.19. The number of hydrogen-bond donors (Lipinski definition) is 0. The summed E-state index contributed by atoms with van der Waals surface area (Å²) < 4.78 is 17.9. The van der Waals surface area contributed by atoms with E-state index in [4.69, 9.17) is 4.74 Å². The molecular weight excluding hydrogens is 243 g/mol. The molecule has 0 bridgehead atoms. The van der Waals surface area contributed by atoms with E-state index in [2.05, 4.69) is 6.07 Å². The molecule has 0 radical (unpaired) electrons. The highest BCUT2D eigenvalue weighted by Gasteiger charge is 2.22.